The normalized spacial score (nSPS) is 11.9. The Labute approximate surface area is 137 Å². The van der Waals surface area contributed by atoms with Gasteiger partial charge in [0.1, 0.15) is 4.90 Å². The standard InChI is InChI=1S/C15H14ClN3O3S/c16-11-5-1-4-8-14(11)23(21,22)17-9-10-19-13-7-3-2-6-12(13)18-15(19)20/h1-8,17H,9-10H2,(H,18,20). The van der Waals surface area contributed by atoms with Crippen molar-refractivity contribution in [1.29, 1.82) is 0 Å². The van der Waals surface area contributed by atoms with Gasteiger partial charge in [0.05, 0.1) is 16.1 Å². The zero-order valence-electron chi connectivity index (χ0n) is 12.0. The third-order valence-corrected chi connectivity index (χ3v) is 5.40. The van der Waals surface area contributed by atoms with Crippen LogP contribution in [0.1, 0.15) is 0 Å². The summed E-state index contributed by atoms with van der Waals surface area (Å²) in [5.41, 5.74) is 1.17. The molecule has 8 heteroatoms. The van der Waals surface area contributed by atoms with Crippen LogP contribution in [0.3, 0.4) is 0 Å². The Morgan fingerprint density at radius 1 is 1.09 bits per heavy atom. The second kappa shape index (κ2) is 6.19. The van der Waals surface area contributed by atoms with E-state index in [-0.39, 0.29) is 28.7 Å². The second-order valence-corrected chi connectivity index (χ2v) is 7.07. The Balaban J connectivity index is 1.78. The van der Waals surface area contributed by atoms with E-state index in [9.17, 15) is 13.2 Å². The van der Waals surface area contributed by atoms with E-state index in [4.69, 9.17) is 11.6 Å². The number of hydrogen-bond donors (Lipinski definition) is 2. The summed E-state index contributed by atoms with van der Waals surface area (Å²) in [6, 6.07) is 13.4. The van der Waals surface area contributed by atoms with Crippen LogP contribution < -0.4 is 10.4 Å². The average Bonchev–Trinajstić information content (AvgIpc) is 2.83. The van der Waals surface area contributed by atoms with Gasteiger partial charge in [-0.25, -0.2) is 17.9 Å². The molecule has 0 saturated heterocycles. The summed E-state index contributed by atoms with van der Waals surface area (Å²) >= 11 is 5.91. The molecule has 23 heavy (non-hydrogen) atoms. The number of imidazole rings is 1. The lowest BCUT2D eigenvalue weighted by molar-refractivity contribution is 0.572. The van der Waals surface area contributed by atoms with Gasteiger partial charge in [0.25, 0.3) is 0 Å². The third-order valence-electron chi connectivity index (χ3n) is 3.44. The van der Waals surface area contributed by atoms with Gasteiger partial charge in [0, 0.05) is 13.1 Å². The molecule has 2 aromatic carbocycles. The average molecular weight is 352 g/mol. The van der Waals surface area contributed by atoms with Crippen LogP contribution in [-0.2, 0) is 16.6 Å². The Kier molecular flexibility index (Phi) is 4.25. The van der Waals surface area contributed by atoms with E-state index in [0.717, 1.165) is 5.52 Å². The molecule has 120 valence electrons. The first-order valence-corrected chi connectivity index (χ1v) is 8.77. The van der Waals surface area contributed by atoms with E-state index in [1.165, 1.54) is 16.7 Å². The highest BCUT2D eigenvalue weighted by Gasteiger charge is 2.17. The highest BCUT2D eigenvalue weighted by Crippen LogP contribution is 2.20. The molecule has 6 nitrogen and oxygen atoms in total. The number of rotatable bonds is 5. The van der Waals surface area contributed by atoms with Crippen molar-refractivity contribution in [2.75, 3.05) is 6.54 Å². The molecule has 0 atom stereocenters. The maximum atomic E-state index is 12.2. The van der Waals surface area contributed by atoms with Crippen molar-refractivity contribution in [2.24, 2.45) is 0 Å². The zero-order chi connectivity index (χ0) is 16.4. The molecule has 0 bridgehead atoms. The monoisotopic (exact) mass is 351 g/mol. The van der Waals surface area contributed by atoms with Crippen LogP contribution in [0.4, 0.5) is 0 Å². The number of aromatic amines is 1. The summed E-state index contributed by atoms with van der Waals surface area (Å²) < 4.78 is 28.4. The Hall–Kier alpha value is -2.09. The number of nitrogens with one attached hydrogen (secondary N) is 2. The topological polar surface area (TPSA) is 84.0 Å². The molecular weight excluding hydrogens is 338 g/mol. The van der Waals surface area contributed by atoms with Crippen LogP contribution in [-0.4, -0.2) is 24.5 Å². The molecule has 0 aliphatic carbocycles. The van der Waals surface area contributed by atoms with Gasteiger partial charge < -0.3 is 4.98 Å². The minimum absolute atomic E-state index is 0.0212. The number of sulfonamides is 1. The summed E-state index contributed by atoms with van der Waals surface area (Å²) in [7, 11) is -3.72. The molecule has 0 aliphatic heterocycles. The SMILES string of the molecule is O=c1[nH]c2ccccc2n1CCNS(=O)(=O)c1ccccc1Cl. The summed E-state index contributed by atoms with van der Waals surface area (Å²) in [5, 5.41) is 0.157. The summed E-state index contributed by atoms with van der Waals surface area (Å²) in [6.45, 7) is 0.293. The van der Waals surface area contributed by atoms with Crippen LogP contribution in [0.25, 0.3) is 11.0 Å². The molecule has 0 spiro atoms. The van der Waals surface area contributed by atoms with E-state index in [2.05, 4.69) is 9.71 Å². The maximum Gasteiger partial charge on any atom is 0.326 e. The van der Waals surface area contributed by atoms with Gasteiger partial charge in [-0.3, -0.25) is 4.57 Å². The quantitative estimate of drug-likeness (QED) is 0.737. The highest BCUT2D eigenvalue weighted by molar-refractivity contribution is 7.89. The molecule has 1 heterocycles. The molecular formula is C15H14ClN3O3S. The minimum Gasteiger partial charge on any atom is -0.306 e. The van der Waals surface area contributed by atoms with Crippen molar-refractivity contribution in [3.05, 3.63) is 64.0 Å². The van der Waals surface area contributed by atoms with Gasteiger partial charge in [-0.15, -0.1) is 0 Å². The predicted molar refractivity (Wildman–Crippen MR) is 89.2 cm³/mol. The van der Waals surface area contributed by atoms with E-state index in [1.54, 1.807) is 24.3 Å². The molecule has 1 aromatic heterocycles. The lowest BCUT2D eigenvalue weighted by atomic mass is 10.3. The number of benzene rings is 2. The zero-order valence-corrected chi connectivity index (χ0v) is 13.6. The maximum absolute atomic E-state index is 12.2. The first-order valence-electron chi connectivity index (χ1n) is 6.91. The Morgan fingerprint density at radius 3 is 2.57 bits per heavy atom. The van der Waals surface area contributed by atoms with Gasteiger partial charge in [-0.2, -0.15) is 0 Å². The fraction of sp³-hybridized carbons (Fsp3) is 0.133. The molecule has 0 saturated carbocycles. The van der Waals surface area contributed by atoms with Gasteiger partial charge in [0.15, 0.2) is 0 Å². The van der Waals surface area contributed by atoms with Crippen molar-refractivity contribution in [1.82, 2.24) is 14.3 Å². The number of halogens is 1. The molecule has 0 aliphatic rings. The molecule has 0 fully saturated rings. The van der Waals surface area contributed by atoms with Gasteiger partial charge in [-0.1, -0.05) is 35.9 Å². The van der Waals surface area contributed by atoms with Crippen molar-refractivity contribution < 1.29 is 8.42 Å². The summed E-state index contributed by atoms with van der Waals surface area (Å²) in [4.78, 5) is 14.7. The number of para-hydroxylation sites is 2. The molecule has 3 rings (SSSR count). The van der Waals surface area contributed by atoms with Crippen LogP contribution in [0.2, 0.25) is 5.02 Å². The molecule has 0 radical (unpaired) electrons. The van der Waals surface area contributed by atoms with E-state index < -0.39 is 10.0 Å². The number of aromatic nitrogens is 2. The largest absolute Gasteiger partial charge is 0.326 e. The van der Waals surface area contributed by atoms with Crippen LogP contribution in [0.15, 0.2) is 58.2 Å². The second-order valence-electron chi connectivity index (χ2n) is 4.93. The lowest BCUT2D eigenvalue weighted by Crippen LogP contribution is -2.30. The first kappa shape index (κ1) is 15.8. The molecule has 0 amide bonds. The van der Waals surface area contributed by atoms with Crippen LogP contribution in [0.5, 0.6) is 0 Å². The van der Waals surface area contributed by atoms with Crippen LogP contribution in [0, 0.1) is 0 Å². The van der Waals surface area contributed by atoms with Crippen molar-refractivity contribution >= 4 is 32.7 Å². The fourth-order valence-corrected chi connectivity index (χ4v) is 3.90. The number of fused-ring (bicyclic) bond motifs is 1. The number of H-pyrrole nitrogens is 1. The van der Waals surface area contributed by atoms with Crippen molar-refractivity contribution in [3.8, 4) is 0 Å². The Morgan fingerprint density at radius 2 is 1.78 bits per heavy atom. The van der Waals surface area contributed by atoms with Crippen molar-refractivity contribution in [2.45, 2.75) is 11.4 Å². The van der Waals surface area contributed by atoms with Gasteiger partial charge in [0.2, 0.25) is 10.0 Å². The van der Waals surface area contributed by atoms with Gasteiger partial charge in [-0.05, 0) is 24.3 Å². The molecule has 0 unspecified atom stereocenters. The highest BCUT2D eigenvalue weighted by atomic mass is 35.5. The van der Waals surface area contributed by atoms with E-state index in [0.29, 0.717) is 5.52 Å². The van der Waals surface area contributed by atoms with E-state index >= 15 is 0 Å². The molecule has 3 aromatic rings. The number of hydrogen-bond acceptors (Lipinski definition) is 3. The van der Waals surface area contributed by atoms with Crippen LogP contribution >= 0.6 is 11.6 Å². The minimum atomic E-state index is -3.72. The number of nitrogens with zero attached hydrogens (tertiary/aromatic N) is 1. The fourth-order valence-electron chi connectivity index (χ4n) is 2.36. The van der Waals surface area contributed by atoms with Crippen molar-refractivity contribution in [3.63, 3.8) is 0 Å². The summed E-state index contributed by atoms with van der Waals surface area (Å²) in [5.74, 6) is 0. The molecule has 2 N–H and O–H groups in total. The first-order chi connectivity index (χ1) is 11.0. The Bertz CT molecular complexity index is 1010. The van der Waals surface area contributed by atoms with Gasteiger partial charge >= 0.3 is 5.69 Å². The summed E-state index contributed by atoms with van der Waals surface area (Å²) in [6.07, 6.45) is 0. The smallest absolute Gasteiger partial charge is 0.306 e. The lowest BCUT2D eigenvalue weighted by Gasteiger charge is -2.08. The van der Waals surface area contributed by atoms with E-state index in [1.807, 2.05) is 12.1 Å². The predicted octanol–water partition coefficient (Wildman–Crippen LogP) is 1.96. The third kappa shape index (κ3) is 3.17.